The van der Waals surface area contributed by atoms with E-state index in [0.717, 1.165) is 31.2 Å². The summed E-state index contributed by atoms with van der Waals surface area (Å²) in [6, 6.07) is 5.46. The van der Waals surface area contributed by atoms with Crippen LogP contribution >= 0.6 is 0 Å². The van der Waals surface area contributed by atoms with Gasteiger partial charge in [-0.25, -0.2) is 4.98 Å². The molecular weight excluding hydrogens is 475 g/mol. The monoisotopic (exact) mass is 506 g/mol. The molecule has 0 radical (unpaired) electrons. The van der Waals surface area contributed by atoms with Crippen molar-refractivity contribution in [2.45, 2.75) is 58.5 Å². The Morgan fingerprint density at radius 2 is 1.81 bits per heavy atom. The molecular formula is C27H31FN6O3. The Balaban J connectivity index is 1.39. The lowest BCUT2D eigenvalue weighted by Gasteiger charge is -2.27. The van der Waals surface area contributed by atoms with Gasteiger partial charge < -0.3 is 15.8 Å². The Hall–Kier alpha value is -3.82. The van der Waals surface area contributed by atoms with E-state index >= 15 is 0 Å². The molecule has 1 atom stereocenters. The van der Waals surface area contributed by atoms with Gasteiger partial charge in [0.25, 0.3) is 5.91 Å². The third kappa shape index (κ3) is 5.33. The summed E-state index contributed by atoms with van der Waals surface area (Å²) in [4.78, 5) is 30.8. The first kappa shape index (κ1) is 24.9. The largest absolute Gasteiger partial charge is 0.619 e. The summed E-state index contributed by atoms with van der Waals surface area (Å²) >= 11 is 0. The van der Waals surface area contributed by atoms with E-state index in [0.29, 0.717) is 27.8 Å². The van der Waals surface area contributed by atoms with Crippen LogP contribution in [0.5, 0.6) is 0 Å². The Morgan fingerprint density at radius 3 is 2.43 bits per heavy atom. The lowest BCUT2D eigenvalue weighted by atomic mass is 9.88. The predicted octanol–water partition coefficient (Wildman–Crippen LogP) is 3.78. The quantitative estimate of drug-likeness (QED) is 0.260. The van der Waals surface area contributed by atoms with Gasteiger partial charge in [-0.3, -0.25) is 14.3 Å². The van der Waals surface area contributed by atoms with Crippen LogP contribution in [0.2, 0.25) is 0 Å². The Labute approximate surface area is 214 Å². The van der Waals surface area contributed by atoms with E-state index < -0.39 is 17.9 Å². The molecule has 3 heterocycles. The number of amides is 2. The molecule has 2 aliphatic rings. The highest BCUT2D eigenvalue weighted by molar-refractivity contribution is 6.00. The van der Waals surface area contributed by atoms with Crippen molar-refractivity contribution < 1.29 is 18.7 Å². The molecule has 194 valence electrons. The molecule has 37 heavy (non-hydrogen) atoms. The molecule has 9 nitrogen and oxygen atoms in total. The highest BCUT2D eigenvalue weighted by atomic mass is 19.1. The molecule has 3 aromatic heterocycles. The molecule has 0 unspecified atom stereocenters. The number of anilines is 1. The number of rotatable bonds is 9. The first-order valence-corrected chi connectivity index (χ1v) is 12.7. The number of nitrogens with one attached hydrogen (secondary N) is 2. The van der Waals surface area contributed by atoms with E-state index in [-0.39, 0.29) is 29.2 Å². The van der Waals surface area contributed by atoms with E-state index in [1.165, 1.54) is 24.5 Å². The zero-order chi connectivity index (χ0) is 26.3. The second kappa shape index (κ2) is 9.91. The molecule has 2 saturated carbocycles. The lowest BCUT2D eigenvalue weighted by Crippen LogP contribution is -2.50. The average molecular weight is 507 g/mol. The fourth-order valence-electron chi connectivity index (χ4n) is 5.09. The molecule has 0 aliphatic heterocycles. The van der Waals surface area contributed by atoms with Gasteiger partial charge in [0, 0.05) is 23.9 Å². The summed E-state index contributed by atoms with van der Waals surface area (Å²) in [5.74, 6) is -0.752. The van der Waals surface area contributed by atoms with Gasteiger partial charge in [0.15, 0.2) is 12.4 Å². The number of hydrogen-bond acceptors (Lipinski definition) is 5. The van der Waals surface area contributed by atoms with E-state index in [9.17, 15) is 19.2 Å². The van der Waals surface area contributed by atoms with E-state index in [2.05, 4.69) is 20.7 Å². The van der Waals surface area contributed by atoms with Gasteiger partial charge in [-0.05, 0) is 88.0 Å². The van der Waals surface area contributed by atoms with Crippen LogP contribution in [0.1, 0.15) is 61.6 Å². The number of aryl methyl sites for hydroxylation is 1. The van der Waals surface area contributed by atoms with Crippen molar-refractivity contribution in [2.24, 2.45) is 17.8 Å². The maximum absolute atomic E-state index is 15.0. The average Bonchev–Trinajstić information content (AvgIpc) is 3.80. The highest BCUT2D eigenvalue weighted by Crippen LogP contribution is 2.51. The summed E-state index contributed by atoms with van der Waals surface area (Å²) in [5, 5.41) is 21.6. The van der Waals surface area contributed by atoms with E-state index in [1.807, 2.05) is 13.8 Å². The van der Waals surface area contributed by atoms with Crippen LogP contribution in [0, 0.1) is 35.8 Å². The third-order valence-electron chi connectivity index (χ3n) is 7.22. The minimum Gasteiger partial charge on any atom is -0.619 e. The van der Waals surface area contributed by atoms with Crippen molar-refractivity contribution >= 4 is 17.6 Å². The molecule has 3 aromatic rings. The van der Waals surface area contributed by atoms with E-state index in [1.54, 1.807) is 29.9 Å². The molecule has 0 aromatic carbocycles. The van der Waals surface area contributed by atoms with Gasteiger partial charge in [0.2, 0.25) is 11.9 Å². The van der Waals surface area contributed by atoms with Gasteiger partial charge >= 0.3 is 0 Å². The van der Waals surface area contributed by atoms with Crippen LogP contribution in [0.15, 0.2) is 42.9 Å². The molecule has 0 spiro atoms. The Morgan fingerprint density at radius 1 is 1.11 bits per heavy atom. The first-order chi connectivity index (χ1) is 17.7. The number of carbonyl (C=O) groups excluding carboxylic acids is 2. The van der Waals surface area contributed by atoms with Crippen LogP contribution in [-0.2, 0) is 4.79 Å². The van der Waals surface area contributed by atoms with Gasteiger partial charge in [-0.1, -0.05) is 0 Å². The maximum Gasteiger partial charge on any atom is 0.270 e. The third-order valence-corrected chi connectivity index (χ3v) is 7.22. The van der Waals surface area contributed by atoms with Crippen molar-refractivity contribution in [3.05, 3.63) is 65.3 Å². The Kier molecular flexibility index (Phi) is 6.66. The number of nitrogens with zero attached hydrogens (tertiary/aromatic N) is 4. The SMILES string of the molecule is Cc1cc[n+]([O-])cc1-c1ccc(NC(=O)[C@@H](NC(=O)c2ccnn2C(C)C)C(C2CC2)C2CC2)nc1F. The fraction of sp³-hybridized carbons (Fsp3) is 0.444. The standard InChI is InChI=1S/C27H31FN6O3/c1-15(2)34-21(10-12-29-34)26(35)32-24(23(17-4-5-17)18-6-7-18)27(36)31-22-9-8-19(25(28)30-22)20-14-33(37)13-11-16(20)3/h8-15,17-18,23-24H,4-7H2,1-3H3,(H,32,35)(H,30,31,36)/t24-/m0/s1. The van der Waals surface area contributed by atoms with Crippen molar-refractivity contribution in [1.29, 1.82) is 0 Å². The number of pyridine rings is 2. The molecule has 0 bridgehead atoms. The second-order valence-electron chi connectivity index (χ2n) is 10.4. The number of aromatic nitrogens is 4. The predicted molar refractivity (Wildman–Crippen MR) is 135 cm³/mol. The van der Waals surface area contributed by atoms with Gasteiger partial charge in [-0.15, -0.1) is 0 Å². The normalized spacial score (nSPS) is 16.2. The van der Waals surface area contributed by atoms with Gasteiger partial charge in [-0.2, -0.15) is 14.2 Å². The Bertz CT molecular complexity index is 1320. The molecule has 2 fully saturated rings. The first-order valence-electron chi connectivity index (χ1n) is 12.7. The second-order valence-corrected chi connectivity index (χ2v) is 10.4. The summed E-state index contributed by atoms with van der Waals surface area (Å²) < 4.78 is 17.2. The van der Waals surface area contributed by atoms with Crippen molar-refractivity contribution in [1.82, 2.24) is 20.1 Å². The van der Waals surface area contributed by atoms with Crippen LogP contribution in [0.4, 0.5) is 10.2 Å². The summed E-state index contributed by atoms with van der Waals surface area (Å²) in [5.41, 5.74) is 1.71. The van der Waals surface area contributed by atoms with Gasteiger partial charge in [0.1, 0.15) is 17.6 Å². The highest BCUT2D eigenvalue weighted by Gasteiger charge is 2.48. The molecule has 2 aliphatic carbocycles. The van der Waals surface area contributed by atoms with Crippen LogP contribution in [0.25, 0.3) is 11.1 Å². The zero-order valence-electron chi connectivity index (χ0n) is 21.1. The molecule has 10 heteroatoms. The minimum absolute atomic E-state index is 0.0132. The lowest BCUT2D eigenvalue weighted by molar-refractivity contribution is -0.604. The minimum atomic E-state index is -0.797. The molecule has 2 N–H and O–H groups in total. The summed E-state index contributed by atoms with van der Waals surface area (Å²) in [6.07, 6.45) is 8.32. The fourth-order valence-corrected chi connectivity index (χ4v) is 5.09. The number of halogens is 1. The van der Waals surface area contributed by atoms with Crippen molar-refractivity contribution in [2.75, 3.05) is 5.32 Å². The summed E-state index contributed by atoms with van der Waals surface area (Å²) in [7, 11) is 0. The van der Waals surface area contributed by atoms with Crippen LogP contribution in [0.3, 0.4) is 0 Å². The number of carbonyl (C=O) groups is 2. The summed E-state index contributed by atoms with van der Waals surface area (Å²) in [6.45, 7) is 5.64. The van der Waals surface area contributed by atoms with Crippen molar-refractivity contribution in [3.63, 3.8) is 0 Å². The van der Waals surface area contributed by atoms with Crippen molar-refractivity contribution in [3.8, 4) is 11.1 Å². The van der Waals surface area contributed by atoms with Crippen LogP contribution in [-0.4, -0.2) is 32.6 Å². The van der Waals surface area contributed by atoms with Crippen LogP contribution < -0.4 is 15.4 Å². The topological polar surface area (TPSA) is 116 Å². The van der Waals surface area contributed by atoms with Gasteiger partial charge in [0.05, 0.1) is 5.56 Å². The molecule has 5 rings (SSSR count). The molecule has 2 amide bonds. The number of hydrogen-bond donors (Lipinski definition) is 2. The molecule has 0 saturated heterocycles. The maximum atomic E-state index is 15.0. The smallest absolute Gasteiger partial charge is 0.270 e. The van der Waals surface area contributed by atoms with E-state index in [4.69, 9.17) is 0 Å². The zero-order valence-corrected chi connectivity index (χ0v) is 21.1.